The summed E-state index contributed by atoms with van der Waals surface area (Å²) in [6, 6.07) is 18.7. The number of carboxylic acid groups (broad SMARTS) is 1. The lowest BCUT2D eigenvalue weighted by molar-refractivity contribution is -0.131. The van der Waals surface area contributed by atoms with Crippen molar-refractivity contribution >= 4 is 29.3 Å². The number of aryl methyl sites for hydroxylation is 1. The maximum atomic E-state index is 13.6. The number of hydrogen-bond acceptors (Lipinski definition) is 6. The number of urea groups is 1. The minimum absolute atomic E-state index is 0.0373. The summed E-state index contributed by atoms with van der Waals surface area (Å²) in [5.41, 5.74) is 3.12. The predicted octanol–water partition coefficient (Wildman–Crippen LogP) is 5.67. The van der Waals surface area contributed by atoms with Gasteiger partial charge in [-0.1, -0.05) is 37.1 Å². The monoisotopic (exact) mass is 602 g/mol. The molecule has 1 aliphatic heterocycles. The Morgan fingerprint density at radius 2 is 1.59 bits per heavy atom. The molecule has 4 rings (SSSR count). The Kier molecular flexibility index (Phi) is 12.0. The second-order valence-corrected chi connectivity index (χ2v) is 10.9. The first kappa shape index (κ1) is 32.3. The number of likely N-dealkylation sites (tertiary alicyclic amines) is 1. The minimum Gasteiger partial charge on any atom is -0.495 e. The molecule has 0 radical (unpaired) electrons. The van der Waals surface area contributed by atoms with E-state index < -0.39 is 12.0 Å². The fraction of sp³-hybridized carbons (Fsp3) is 0.382. The summed E-state index contributed by atoms with van der Waals surface area (Å²) in [7, 11) is 1.53. The summed E-state index contributed by atoms with van der Waals surface area (Å²) in [5.74, 6) is -0.0220. The zero-order valence-corrected chi connectivity index (χ0v) is 25.5. The van der Waals surface area contributed by atoms with Crippen molar-refractivity contribution in [1.29, 1.82) is 0 Å². The molecule has 3 aromatic rings. The highest BCUT2D eigenvalue weighted by molar-refractivity contribution is 6.01. The van der Waals surface area contributed by atoms with Crippen LogP contribution < -0.4 is 20.1 Å². The van der Waals surface area contributed by atoms with E-state index in [-0.39, 0.29) is 24.5 Å². The van der Waals surface area contributed by atoms with Crippen molar-refractivity contribution in [3.63, 3.8) is 0 Å². The van der Waals surface area contributed by atoms with E-state index in [0.29, 0.717) is 36.0 Å². The molecule has 0 aromatic heterocycles. The van der Waals surface area contributed by atoms with Gasteiger partial charge in [-0.05, 0) is 86.4 Å². The van der Waals surface area contributed by atoms with Crippen molar-refractivity contribution in [3.8, 4) is 11.5 Å². The third-order valence-corrected chi connectivity index (χ3v) is 7.73. The van der Waals surface area contributed by atoms with Gasteiger partial charge in [0.25, 0.3) is 0 Å². The molecule has 44 heavy (non-hydrogen) atoms. The third-order valence-electron chi connectivity index (χ3n) is 7.73. The van der Waals surface area contributed by atoms with E-state index in [0.717, 1.165) is 30.8 Å². The van der Waals surface area contributed by atoms with Gasteiger partial charge in [-0.2, -0.15) is 0 Å². The van der Waals surface area contributed by atoms with E-state index in [4.69, 9.17) is 14.6 Å². The molecule has 1 saturated heterocycles. The molecule has 0 atom stereocenters. The lowest BCUT2D eigenvalue weighted by Gasteiger charge is -2.27. The molecule has 0 spiro atoms. The molecule has 3 aromatic carbocycles. The zero-order valence-electron chi connectivity index (χ0n) is 25.5. The van der Waals surface area contributed by atoms with Crippen molar-refractivity contribution in [2.24, 2.45) is 0 Å². The van der Waals surface area contributed by atoms with Gasteiger partial charge in [-0.25, -0.2) is 9.59 Å². The number of amides is 3. The standard InChI is InChI=1S/C34H42N4O6/c1-25-9-5-6-10-29(25)35-34(42)36-30-16-11-26(23-31(30)43-2)24-32(39)38(20-19-37-17-7-3-4-8-18-37)21-22-44-28-14-12-27(13-15-28)33(40)41/h5-6,9-16,23H,3-4,7-8,17-22,24H2,1-2H3,(H,40,41)(H2,35,36,42). The van der Waals surface area contributed by atoms with Crippen LogP contribution in [0.2, 0.25) is 0 Å². The minimum atomic E-state index is -0.993. The topological polar surface area (TPSA) is 120 Å². The number of carbonyl (C=O) groups excluding carboxylic acids is 2. The molecule has 1 fully saturated rings. The van der Waals surface area contributed by atoms with Crippen LogP contribution in [-0.4, -0.2) is 79.3 Å². The Balaban J connectivity index is 1.39. The van der Waals surface area contributed by atoms with E-state index in [1.54, 1.807) is 24.3 Å². The first-order valence-electron chi connectivity index (χ1n) is 15.1. The Labute approximate surface area is 259 Å². The number of rotatable bonds is 13. The quantitative estimate of drug-likeness (QED) is 0.231. The van der Waals surface area contributed by atoms with Gasteiger partial charge in [-0.15, -0.1) is 0 Å². The molecule has 0 aliphatic carbocycles. The highest BCUT2D eigenvalue weighted by atomic mass is 16.5. The summed E-state index contributed by atoms with van der Waals surface area (Å²) in [5, 5.41) is 14.8. The van der Waals surface area contributed by atoms with Gasteiger partial charge in [0, 0.05) is 18.8 Å². The average molecular weight is 603 g/mol. The molecule has 1 aliphatic rings. The van der Waals surface area contributed by atoms with Crippen LogP contribution in [0, 0.1) is 6.92 Å². The van der Waals surface area contributed by atoms with Crippen LogP contribution in [0.4, 0.5) is 16.2 Å². The second kappa shape index (κ2) is 16.3. The highest BCUT2D eigenvalue weighted by Gasteiger charge is 2.18. The van der Waals surface area contributed by atoms with Crippen LogP contribution >= 0.6 is 0 Å². The number of nitrogens with zero attached hydrogens (tertiary/aromatic N) is 2. The van der Waals surface area contributed by atoms with Crippen LogP contribution in [0.3, 0.4) is 0 Å². The molecule has 0 saturated carbocycles. The Bertz CT molecular complexity index is 1400. The van der Waals surface area contributed by atoms with Gasteiger partial charge in [0.15, 0.2) is 0 Å². The molecule has 234 valence electrons. The molecule has 10 heteroatoms. The number of ether oxygens (including phenoxy) is 2. The van der Waals surface area contributed by atoms with Crippen molar-refractivity contribution < 1.29 is 29.0 Å². The molecular formula is C34H42N4O6. The molecular weight excluding hydrogens is 560 g/mol. The molecule has 3 N–H and O–H groups in total. The van der Waals surface area contributed by atoms with Crippen LogP contribution in [0.1, 0.15) is 47.2 Å². The van der Waals surface area contributed by atoms with E-state index in [9.17, 15) is 14.4 Å². The predicted molar refractivity (Wildman–Crippen MR) is 171 cm³/mol. The van der Waals surface area contributed by atoms with E-state index in [1.165, 1.54) is 44.9 Å². The summed E-state index contributed by atoms with van der Waals surface area (Å²) in [6.07, 6.45) is 5.00. The normalized spacial score (nSPS) is 13.4. The number of para-hydroxylation sites is 1. The van der Waals surface area contributed by atoms with Gasteiger partial charge in [-0.3, -0.25) is 4.79 Å². The van der Waals surface area contributed by atoms with Gasteiger partial charge in [0.2, 0.25) is 5.91 Å². The smallest absolute Gasteiger partial charge is 0.335 e. The number of methoxy groups -OCH3 is 1. The fourth-order valence-electron chi connectivity index (χ4n) is 5.17. The highest BCUT2D eigenvalue weighted by Crippen LogP contribution is 2.27. The van der Waals surface area contributed by atoms with E-state index in [1.807, 2.05) is 42.2 Å². The third kappa shape index (κ3) is 9.74. The first-order valence-corrected chi connectivity index (χ1v) is 15.1. The maximum absolute atomic E-state index is 13.6. The largest absolute Gasteiger partial charge is 0.495 e. The maximum Gasteiger partial charge on any atom is 0.335 e. The Morgan fingerprint density at radius 1 is 0.886 bits per heavy atom. The van der Waals surface area contributed by atoms with Gasteiger partial charge in [0.05, 0.1) is 31.3 Å². The summed E-state index contributed by atoms with van der Waals surface area (Å²) in [4.78, 5) is 41.6. The lowest BCUT2D eigenvalue weighted by Crippen LogP contribution is -2.41. The number of aromatic carboxylic acids is 1. The van der Waals surface area contributed by atoms with Crippen LogP contribution in [0.25, 0.3) is 0 Å². The molecule has 0 unspecified atom stereocenters. The van der Waals surface area contributed by atoms with Crippen molar-refractivity contribution in [1.82, 2.24) is 9.80 Å². The zero-order chi connectivity index (χ0) is 31.3. The van der Waals surface area contributed by atoms with Crippen LogP contribution in [0.15, 0.2) is 66.7 Å². The number of nitrogens with one attached hydrogen (secondary N) is 2. The Morgan fingerprint density at radius 3 is 2.27 bits per heavy atom. The SMILES string of the molecule is COc1cc(CC(=O)N(CCOc2ccc(C(=O)O)cc2)CCN2CCCCCC2)ccc1NC(=O)Nc1ccccc1C. The van der Waals surface area contributed by atoms with Crippen molar-refractivity contribution in [2.45, 2.75) is 39.0 Å². The molecule has 3 amide bonds. The lowest BCUT2D eigenvalue weighted by atomic mass is 10.1. The van der Waals surface area contributed by atoms with Gasteiger partial charge >= 0.3 is 12.0 Å². The van der Waals surface area contributed by atoms with E-state index >= 15 is 0 Å². The number of anilines is 2. The first-order chi connectivity index (χ1) is 21.3. The molecule has 1 heterocycles. The fourth-order valence-corrected chi connectivity index (χ4v) is 5.17. The molecule has 0 bridgehead atoms. The number of hydrogen-bond donors (Lipinski definition) is 3. The second-order valence-electron chi connectivity index (χ2n) is 10.9. The van der Waals surface area contributed by atoms with E-state index in [2.05, 4.69) is 15.5 Å². The Hall–Kier alpha value is -4.57. The number of carboxylic acids is 1. The number of benzene rings is 3. The summed E-state index contributed by atoms with van der Waals surface area (Å²) in [6.45, 7) is 6.04. The molecule has 10 nitrogen and oxygen atoms in total. The van der Waals surface area contributed by atoms with Crippen molar-refractivity contribution in [3.05, 3.63) is 83.4 Å². The van der Waals surface area contributed by atoms with Gasteiger partial charge < -0.3 is 35.0 Å². The summed E-state index contributed by atoms with van der Waals surface area (Å²) >= 11 is 0. The van der Waals surface area contributed by atoms with Crippen LogP contribution in [-0.2, 0) is 11.2 Å². The van der Waals surface area contributed by atoms with Crippen LogP contribution in [0.5, 0.6) is 11.5 Å². The number of carbonyl (C=O) groups is 3. The average Bonchev–Trinajstić information content (AvgIpc) is 3.30. The summed E-state index contributed by atoms with van der Waals surface area (Å²) < 4.78 is 11.4. The van der Waals surface area contributed by atoms with Gasteiger partial charge in [0.1, 0.15) is 18.1 Å². The van der Waals surface area contributed by atoms with Crippen molar-refractivity contribution in [2.75, 3.05) is 57.1 Å².